The maximum Gasteiger partial charge on any atom is 0.228 e. The first-order chi connectivity index (χ1) is 8.56. The van der Waals surface area contributed by atoms with Crippen LogP contribution < -0.4 is 0 Å². The molecule has 1 aliphatic rings. The second-order valence-electron chi connectivity index (χ2n) is 4.09. The zero-order valence-corrected chi connectivity index (χ0v) is 10.1. The smallest absolute Gasteiger partial charge is 0.228 e. The first kappa shape index (κ1) is 12.2. The van der Waals surface area contributed by atoms with Gasteiger partial charge in [0.1, 0.15) is 5.78 Å². The van der Waals surface area contributed by atoms with Gasteiger partial charge in [-0.25, -0.2) is 0 Å². The molecule has 0 aliphatic heterocycles. The number of benzene rings is 1. The lowest BCUT2D eigenvalue weighted by atomic mass is 9.86. The van der Waals surface area contributed by atoms with E-state index in [9.17, 15) is 14.4 Å². The molecule has 0 radical (unpaired) electrons. The highest BCUT2D eigenvalue weighted by Gasteiger charge is 2.33. The van der Waals surface area contributed by atoms with Crippen LogP contribution in [0.5, 0.6) is 0 Å². The number of carbonyl (C=O) groups is 3. The normalized spacial score (nSPS) is 14.6. The molecule has 0 heterocycles. The van der Waals surface area contributed by atoms with E-state index in [4.69, 9.17) is 4.74 Å². The average molecular weight is 244 g/mol. The lowest BCUT2D eigenvalue weighted by Gasteiger charge is -2.19. The predicted molar refractivity (Wildman–Crippen MR) is 64.4 cm³/mol. The van der Waals surface area contributed by atoms with Gasteiger partial charge in [-0.05, 0) is 6.92 Å². The fourth-order valence-electron chi connectivity index (χ4n) is 2.03. The molecule has 92 valence electrons. The summed E-state index contributed by atoms with van der Waals surface area (Å²) in [4.78, 5) is 35.5. The van der Waals surface area contributed by atoms with Gasteiger partial charge in [-0.15, -0.1) is 0 Å². The molecule has 0 aromatic heterocycles. The average Bonchev–Trinajstić information content (AvgIpc) is 2.36. The number of allylic oxidation sites excluding steroid dienone is 2. The third-order valence-electron chi connectivity index (χ3n) is 2.80. The van der Waals surface area contributed by atoms with E-state index in [1.54, 1.807) is 24.3 Å². The van der Waals surface area contributed by atoms with E-state index in [0.29, 0.717) is 11.1 Å². The van der Waals surface area contributed by atoms with Crippen LogP contribution in [0.1, 0.15) is 34.1 Å². The van der Waals surface area contributed by atoms with Gasteiger partial charge in [0, 0.05) is 17.5 Å². The van der Waals surface area contributed by atoms with Crippen LogP contribution in [0, 0.1) is 0 Å². The number of ether oxygens (including phenoxy) is 1. The van der Waals surface area contributed by atoms with Crippen molar-refractivity contribution in [1.29, 1.82) is 0 Å². The molecule has 18 heavy (non-hydrogen) atoms. The third-order valence-corrected chi connectivity index (χ3v) is 2.80. The summed E-state index contributed by atoms with van der Waals surface area (Å²) in [6.07, 6.45) is -0.0813. The quantitative estimate of drug-likeness (QED) is 0.815. The molecule has 0 saturated carbocycles. The number of fused-ring (bicyclic) bond motifs is 1. The number of hydrogen-bond donors (Lipinski definition) is 0. The molecule has 2 rings (SSSR count). The molecule has 0 amide bonds. The molecule has 0 unspecified atom stereocenters. The summed E-state index contributed by atoms with van der Waals surface area (Å²) in [5, 5.41) is 0. The van der Waals surface area contributed by atoms with Crippen LogP contribution in [0.4, 0.5) is 0 Å². The van der Waals surface area contributed by atoms with E-state index in [-0.39, 0.29) is 35.1 Å². The minimum absolute atomic E-state index is 0.0195. The fourth-order valence-corrected chi connectivity index (χ4v) is 2.03. The Hall–Kier alpha value is -2.23. The Morgan fingerprint density at radius 3 is 2.17 bits per heavy atom. The molecular weight excluding hydrogens is 232 g/mol. The van der Waals surface area contributed by atoms with Crippen molar-refractivity contribution < 1.29 is 19.1 Å². The van der Waals surface area contributed by atoms with Crippen molar-refractivity contribution in [2.24, 2.45) is 0 Å². The highest BCUT2D eigenvalue weighted by Crippen LogP contribution is 2.28. The zero-order chi connectivity index (χ0) is 13.3. The Balaban J connectivity index is 2.61. The van der Waals surface area contributed by atoms with E-state index in [0.717, 1.165) is 0 Å². The second-order valence-corrected chi connectivity index (χ2v) is 4.09. The molecule has 0 spiro atoms. The van der Waals surface area contributed by atoms with E-state index in [1.165, 1.54) is 14.0 Å². The largest absolute Gasteiger partial charge is 0.492 e. The SMILES string of the molecule is COC1=C(CC(C)=O)C(=O)c2ccccc2C1=O. The van der Waals surface area contributed by atoms with Crippen LogP contribution in [0.3, 0.4) is 0 Å². The van der Waals surface area contributed by atoms with Gasteiger partial charge in [-0.3, -0.25) is 14.4 Å². The van der Waals surface area contributed by atoms with Crippen LogP contribution in [0.15, 0.2) is 35.6 Å². The van der Waals surface area contributed by atoms with Crippen molar-refractivity contribution in [1.82, 2.24) is 0 Å². The molecule has 4 heteroatoms. The molecule has 0 atom stereocenters. The summed E-state index contributed by atoms with van der Waals surface area (Å²) in [5.74, 6) is -0.852. The summed E-state index contributed by atoms with van der Waals surface area (Å²) < 4.78 is 5.00. The Morgan fingerprint density at radius 2 is 1.67 bits per heavy atom. The van der Waals surface area contributed by atoms with Gasteiger partial charge in [0.15, 0.2) is 11.5 Å². The number of Topliss-reactive ketones (excluding diaryl/α,β-unsaturated/α-hetero) is 3. The molecule has 0 bridgehead atoms. The highest BCUT2D eigenvalue weighted by atomic mass is 16.5. The second kappa shape index (κ2) is 4.56. The molecule has 0 fully saturated rings. The Bertz CT molecular complexity index is 581. The fraction of sp³-hybridized carbons (Fsp3) is 0.214. The maximum absolute atomic E-state index is 12.2. The van der Waals surface area contributed by atoms with Gasteiger partial charge in [0.05, 0.1) is 12.7 Å². The topological polar surface area (TPSA) is 60.4 Å². The first-order valence-electron chi connectivity index (χ1n) is 5.51. The molecular formula is C14H12O4. The van der Waals surface area contributed by atoms with Crippen molar-refractivity contribution in [3.63, 3.8) is 0 Å². The molecule has 1 aromatic rings. The van der Waals surface area contributed by atoms with E-state index < -0.39 is 0 Å². The minimum Gasteiger partial charge on any atom is -0.492 e. The van der Waals surface area contributed by atoms with E-state index >= 15 is 0 Å². The van der Waals surface area contributed by atoms with Crippen LogP contribution in [0.25, 0.3) is 0 Å². The summed E-state index contributed by atoms with van der Waals surface area (Å²) in [6.45, 7) is 1.37. The Kier molecular flexibility index (Phi) is 3.10. The molecule has 4 nitrogen and oxygen atoms in total. The monoisotopic (exact) mass is 244 g/mol. The maximum atomic E-state index is 12.2. The summed E-state index contributed by atoms with van der Waals surface area (Å²) >= 11 is 0. The first-order valence-corrected chi connectivity index (χ1v) is 5.51. The Morgan fingerprint density at radius 1 is 1.11 bits per heavy atom. The predicted octanol–water partition coefficient (Wildman–Crippen LogP) is 1.95. The van der Waals surface area contributed by atoms with Crippen molar-refractivity contribution in [2.45, 2.75) is 13.3 Å². The standard InChI is InChI=1S/C14H12O4/c1-8(15)7-11-12(16)9-5-3-4-6-10(9)13(17)14(11)18-2/h3-6H,7H2,1-2H3. The molecule has 0 saturated heterocycles. The van der Waals surface area contributed by atoms with Crippen molar-refractivity contribution in [3.05, 3.63) is 46.7 Å². The lowest BCUT2D eigenvalue weighted by molar-refractivity contribution is -0.116. The molecule has 0 N–H and O–H groups in total. The number of carbonyl (C=O) groups excluding carboxylic acids is 3. The van der Waals surface area contributed by atoms with Crippen LogP contribution in [0.2, 0.25) is 0 Å². The lowest BCUT2D eigenvalue weighted by Crippen LogP contribution is -2.24. The number of ketones is 3. The van der Waals surface area contributed by atoms with Gasteiger partial charge < -0.3 is 4.74 Å². The van der Waals surface area contributed by atoms with Crippen LogP contribution in [-0.2, 0) is 9.53 Å². The summed E-state index contributed by atoms with van der Waals surface area (Å²) in [6, 6.07) is 6.54. The minimum atomic E-state index is -0.344. The molecule has 1 aliphatic carbocycles. The third kappa shape index (κ3) is 1.86. The van der Waals surface area contributed by atoms with Crippen LogP contribution in [-0.4, -0.2) is 24.5 Å². The van der Waals surface area contributed by atoms with E-state index in [1.807, 2.05) is 0 Å². The zero-order valence-electron chi connectivity index (χ0n) is 10.1. The van der Waals surface area contributed by atoms with Gasteiger partial charge in [0.25, 0.3) is 0 Å². The van der Waals surface area contributed by atoms with Crippen molar-refractivity contribution in [3.8, 4) is 0 Å². The van der Waals surface area contributed by atoms with Crippen molar-refractivity contribution >= 4 is 17.3 Å². The number of rotatable bonds is 3. The number of hydrogen-bond acceptors (Lipinski definition) is 4. The number of methoxy groups -OCH3 is 1. The summed E-state index contributed by atoms with van der Waals surface area (Å²) in [5.41, 5.74) is 0.805. The molecule has 1 aromatic carbocycles. The summed E-state index contributed by atoms with van der Waals surface area (Å²) in [7, 11) is 1.33. The van der Waals surface area contributed by atoms with Gasteiger partial charge >= 0.3 is 0 Å². The highest BCUT2D eigenvalue weighted by molar-refractivity contribution is 6.27. The van der Waals surface area contributed by atoms with E-state index in [2.05, 4.69) is 0 Å². The van der Waals surface area contributed by atoms with Crippen LogP contribution >= 0.6 is 0 Å². The van der Waals surface area contributed by atoms with Crippen molar-refractivity contribution in [2.75, 3.05) is 7.11 Å². The van der Waals surface area contributed by atoms with Gasteiger partial charge in [-0.1, -0.05) is 24.3 Å². The van der Waals surface area contributed by atoms with Gasteiger partial charge in [0.2, 0.25) is 5.78 Å². The Labute approximate surface area is 104 Å². The van der Waals surface area contributed by atoms with Gasteiger partial charge in [-0.2, -0.15) is 0 Å².